The van der Waals surface area contributed by atoms with Crippen LogP contribution in [0.25, 0.3) is 0 Å². The van der Waals surface area contributed by atoms with Crippen LogP contribution in [-0.4, -0.2) is 30.9 Å². The molecule has 1 fully saturated rings. The van der Waals surface area contributed by atoms with Crippen LogP contribution in [0.4, 0.5) is 11.4 Å². The predicted octanol–water partition coefficient (Wildman–Crippen LogP) is 3.46. The van der Waals surface area contributed by atoms with Crippen LogP contribution in [0.3, 0.4) is 0 Å². The largest absolute Gasteiger partial charge is 0.455 e. The van der Waals surface area contributed by atoms with E-state index in [1.807, 2.05) is 64.1 Å². The monoisotopic (exact) mass is 394 g/mol. The number of nitrogens with zero attached hydrogens (tertiary/aromatic N) is 1. The Kier molecular flexibility index (Phi) is 6.01. The number of rotatable bonds is 5. The summed E-state index contributed by atoms with van der Waals surface area (Å²) in [7, 11) is 0. The maximum absolute atomic E-state index is 12.5. The van der Waals surface area contributed by atoms with Gasteiger partial charge in [-0.3, -0.25) is 14.4 Å². The average molecular weight is 394 g/mol. The summed E-state index contributed by atoms with van der Waals surface area (Å²) >= 11 is 0. The molecule has 1 N–H and O–H groups in total. The molecule has 2 aromatic carbocycles. The van der Waals surface area contributed by atoms with Gasteiger partial charge in [0.25, 0.3) is 5.91 Å². The lowest BCUT2D eigenvalue weighted by atomic mass is 10.1. The fourth-order valence-electron chi connectivity index (χ4n) is 3.75. The van der Waals surface area contributed by atoms with E-state index >= 15 is 0 Å². The molecule has 1 atom stereocenters. The molecule has 0 radical (unpaired) electrons. The summed E-state index contributed by atoms with van der Waals surface area (Å²) in [5.41, 5.74) is 5.43. The molecular formula is C23H26N2O4. The van der Waals surface area contributed by atoms with Gasteiger partial charge >= 0.3 is 5.97 Å². The highest BCUT2D eigenvalue weighted by atomic mass is 16.5. The van der Waals surface area contributed by atoms with Gasteiger partial charge in [0.05, 0.1) is 5.92 Å². The van der Waals surface area contributed by atoms with Crippen LogP contribution >= 0.6 is 0 Å². The van der Waals surface area contributed by atoms with Crippen LogP contribution in [0.2, 0.25) is 0 Å². The fraction of sp³-hybridized carbons (Fsp3) is 0.348. The molecule has 0 saturated carbocycles. The van der Waals surface area contributed by atoms with Crippen LogP contribution in [0.15, 0.2) is 36.4 Å². The highest BCUT2D eigenvalue weighted by Crippen LogP contribution is 2.31. The van der Waals surface area contributed by atoms with Crippen molar-refractivity contribution in [1.82, 2.24) is 0 Å². The van der Waals surface area contributed by atoms with Crippen LogP contribution < -0.4 is 10.2 Å². The zero-order chi connectivity index (χ0) is 21.1. The van der Waals surface area contributed by atoms with Gasteiger partial charge in [0.2, 0.25) is 5.91 Å². The highest BCUT2D eigenvalue weighted by molar-refractivity contribution is 6.01. The molecule has 1 aliphatic rings. The van der Waals surface area contributed by atoms with E-state index in [0.29, 0.717) is 0 Å². The van der Waals surface area contributed by atoms with Crippen molar-refractivity contribution < 1.29 is 19.1 Å². The second-order valence-electron chi connectivity index (χ2n) is 7.57. The van der Waals surface area contributed by atoms with Crippen molar-refractivity contribution in [3.63, 3.8) is 0 Å². The molecule has 6 nitrogen and oxygen atoms in total. The Morgan fingerprint density at radius 2 is 1.55 bits per heavy atom. The molecule has 1 saturated heterocycles. The summed E-state index contributed by atoms with van der Waals surface area (Å²) in [6.45, 7) is 7.59. The number of para-hydroxylation sites is 2. The molecule has 0 unspecified atom stereocenters. The van der Waals surface area contributed by atoms with Crippen LogP contribution in [0.1, 0.15) is 28.7 Å². The minimum atomic E-state index is -0.575. The quantitative estimate of drug-likeness (QED) is 0.788. The van der Waals surface area contributed by atoms with E-state index in [0.717, 1.165) is 33.6 Å². The second-order valence-corrected chi connectivity index (χ2v) is 7.57. The number of nitrogens with one attached hydrogen (secondary N) is 1. The van der Waals surface area contributed by atoms with Crippen molar-refractivity contribution in [3.8, 4) is 0 Å². The number of anilines is 2. The maximum Gasteiger partial charge on any atom is 0.311 e. The molecule has 1 aliphatic heterocycles. The first-order valence-corrected chi connectivity index (χ1v) is 9.67. The second kappa shape index (κ2) is 8.47. The Bertz CT molecular complexity index is 927. The molecule has 29 heavy (non-hydrogen) atoms. The van der Waals surface area contributed by atoms with Crippen molar-refractivity contribution in [2.24, 2.45) is 5.92 Å². The smallest absolute Gasteiger partial charge is 0.311 e. The lowest BCUT2D eigenvalue weighted by Gasteiger charge is -2.21. The van der Waals surface area contributed by atoms with E-state index in [1.165, 1.54) is 0 Å². The number of hydrogen-bond donors (Lipinski definition) is 1. The number of aryl methyl sites for hydroxylation is 4. The van der Waals surface area contributed by atoms with Crippen molar-refractivity contribution in [2.75, 3.05) is 23.4 Å². The summed E-state index contributed by atoms with van der Waals surface area (Å²) in [5, 5.41) is 2.79. The number of benzene rings is 2. The number of hydrogen-bond acceptors (Lipinski definition) is 4. The van der Waals surface area contributed by atoms with Gasteiger partial charge in [0.1, 0.15) is 0 Å². The minimum Gasteiger partial charge on any atom is -0.455 e. The van der Waals surface area contributed by atoms with Crippen molar-refractivity contribution in [3.05, 3.63) is 58.7 Å². The van der Waals surface area contributed by atoms with E-state index < -0.39 is 17.8 Å². The predicted molar refractivity (Wildman–Crippen MR) is 112 cm³/mol. The van der Waals surface area contributed by atoms with Gasteiger partial charge in [0.15, 0.2) is 6.61 Å². The van der Waals surface area contributed by atoms with Crippen LogP contribution in [-0.2, 0) is 19.1 Å². The number of esters is 1. The molecule has 3 rings (SSSR count). The summed E-state index contributed by atoms with van der Waals surface area (Å²) in [6, 6.07) is 11.6. The molecule has 0 spiro atoms. The van der Waals surface area contributed by atoms with Crippen LogP contribution in [0.5, 0.6) is 0 Å². The van der Waals surface area contributed by atoms with Gasteiger partial charge in [0, 0.05) is 24.3 Å². The maximum atomic E-state index is 12.5. The Hall–Kier alpha value is -3.15. The summed E-state index contributed by atoms with van der Waals surface area (Å²) in [6.07, 6.45) is 0.0884. The van der Waals surface area contributed by atoms with Gasteiger partial charge in [-0.1, -0.05) is 36.4 Å². The van der Waals surface area contributed by atoms with Crippen LogP contribution in [0, 0.1) is 33.6 Å². The van der Waals surface area contributed by atoms with E-state index in [9.17, 15) is 14.4 Å². The zero-order valence-corrected chi connectivity index (χ0v) is 17.2. The molecule has 0 bridgehead atoms. The standard InChI is InChI=1S/C23H26N2O4/c1-14-7-5-8-15(2)21(14)24-19(26)13-29-23(28)18-11-20(27)25(12-18)22-16(3)9-6-10-17(22)4/h5-10,18H,11-13H2,1-4H3,(H,24,26)/t18-/m1/s1. The third kappa shape index (κ3) is 4.47. The molecular weight excluding hydrogens is 368 g/mol. The van der Waals surface area contributed by atoms with E-state index in [4.69, 9.17) is 4.74 Å². The Morgan fingerprint density at radius 1 is 1.00 bits per heavy atom. The molecule has 152 valence electrons. The summed E-state index contributed by atoms with van der Waals surface area (Å²) in [5.74, 6) is -1.60. The van der Waals surface area contributed by atoms with Gasteiger partial charge in [-0.05, 0) is 49.9 Å². The van der Waals surface area contributed by atoms with Gasteiger partial charge in [-0.15, -0.1) is 0 Å². The SMILES string of the molecule is Cc1cccc(C)c1NC(=O)COC(=O)[C@@H]1CC(=O)N(c2c(C)cccc2C)C1. The van der Waals surface area contributed by atoms with Gasteiger partial charge in [-0.25, -0.2) is 0 Å². The molecule has 0 aromatic heterocycles. The summed E-state index contributed by atoms with van der Waals surface area (Å²) in [4.78, 5) is 38.8. The molecule has 6 heteroatoms. The third-order valence-corrected chi connectivity index (χ3v) is 5.26. The van der Waals surface area contributed by atoms with Gasteiger partial charge in [-0.2, -0.15) is 0 Å². The van der Waals surface area contributed by atoms with E-state index in [2.05, 4.69) is 5.32 Å². The zero-order valence-electron chi connectivity index (χ0n) is 17.2. The lowest BCUT2D eigenvalue weighted by molar-refractivity contribution is -0.151. The number of ether oxygens (including phenoxy) is 1. The molecule has 0 aliphatic carbocycles. The Morgan fingerprint density at radius 3 is 2.14 bits per heavy atom. The van der Waals surface area contributed by atoms with E-state index in [-0.39, 0.29) is 25.5 Å². The highest BCUT2D eigenvalue weighted by Gasteiger charge is 2.37. The number of amides is 2. The van der Waals surface area contributed by atoms with Crippen molar-refractivity contribution in [2.45, 2.75) is 34.1 Å². The number of carbonyl (C=O) groups excluding carboxylic acids is 3. The van der Waals surface area contributed by atoms with Crippen molar-refractivity contribution >= 4 is 29.2 Å². The Balaban J connectivity index is 1.59. The first kappa shape index (κ1) is 20.6. The minimum absolute atomic E-state index is 0.0884. The fourth-order valence-corrected chi connectivity index (χ4v) is 3.75. The van der Waals surface area contributed by atoms with E-state index in [1.54, 1.807) is 4.90 Å². The lowest BCUT2D eigenvalue weighted by Crippen LogP contribution is -2.29. The third-order valence-electron chi connectivity index (χ3n) is 5.26. The normalized spacial score (nSPS) is 16.1. The molecule has 2 amide bonds. The topological polar surface area (TPSA) is 75.7 Å². The van der Waals surface area contributed by atoms with Gasteiger partial charge < -0.3 is 15.0 Å². The number of carbonyl (C=O) groups is 3. The molecule has 1 heterocycles. The van der Waals surface area contributed by atoms with Crippen molar-refractivity contribution in [1.29, 1.82) is 0 Å². The average Bonchev–Trinajstić information content (AvgIpc) is 3.04. The summed E-state index contributed by atoms with van der Waals surface area (Å²) < 4.78 is 5.20. The molecule has 2 aromatic rings. The first-order valence-electron chi connectivity index (χ1n) is 9.67. The first-order chi connectivity index (χ1) is 13.8. The Labute approximate surface area is 170 Å².